The lowest BCUT2D eigenvalue weighted by Gasteiger charge is -2.10. The number of nitriles is 2. The van der Waals surface area contributed by atoms with Crippen LogP contribution in [-0.2, 0) is 0 Å². The van der Waals surface area contributed by atoms with Crippen LogP contribution in [0.5, 0.6) is 11.5 Å². The first-order valence-corrected chi connectivity index (χ1v) is 5.74. The molecule has 0 saturated carbocycles. The molecule has 0 saturated heterocycles. The Balaban J connectivity index is 2.60. The maximum Gasteiger partial charge on any atom is 0.205 e. The Hall–Kier alpha value is -2.99. The zero-order valence-electron chi connectivity index (χ0n) is 10.7. The lowest BCUT2D eigenvalue weighted by Crippen LogP contribution is -2.03. The largest absolute Gasteiger partial charge is 0.451 e. The predicted octanol–water partition coefficient (Wildman–Crippen LogP) is 3.95. The third kappa shape index (κ3) is 2.52. The normalized spacial score (nSPS) is 9.81. The Morgan fingerprint density at radius 3 is 1.90 bits per heavy atom. The molecule has 2 aromatic rings. The first-order valence-electron chi connectivity index (χ1n) is 5.74. The molecule has 3 nitrogen and oxygen atoms in total. The van der Waals surface area contributed by atoms with Gasteiger partial charge in [-0.25, -0.2) is 8.78 Å². The van der Waals surface area contributed by atoms with Gasteiger partial charge >= 0.3 is 0 Å². The molecule has 0 aromatic heterocycles. The molecule has 0 bridgehead atoms. The molecular formula is C15H7F3N2O. The second-order valence-electron chi connectivity index (χ2n) is 4.16. The van der Waals surface area contributed by atoms with Crippen molar-refractivity contribution in [2.75, 3.05) is 0 Å². The van der Waals surface area contributed by atoms with Gasteiger partial charge in [0, 0.05) is 0 Å². The van der Waals surface area contributed by atoms with Gasteiger partial charge in [-0.05, 0) is 19.1 Å². The van der Waals surface area contributed by atoms with Crippen molar-refractivity contribution in [1.82, 2.24) is 0 Å². The van der Waals surface area contributed by atoms with Crippen LogP contribution in [0.25, 0.3) is 0 Å². The zero-order chi connectivity index (χ0) is 15.6. The summed E-state index contributed by atoms with van der Waals surface area (Å²) in [6.07, 6.45) is 0. The number of nitrogens with zero attached hydrogens (tertiary/aromatic N) is 2. The molecule has 0 fully saturated rings. The average Bonchev–Trinajstić information content (AvgIpc) is 2.49. The quantitative estimate of drug-likeness (QED) is 0.786. The van der Waals surface area contributed by atoms with Crippen molar-refractivity contribution in [2.45, 2.75) is 6.92 Å². The molecule has 104 valence electrons. The summed E-state index contributed by atoms with van der Waals surface area (Å²) < 4.78 is 46.4. The SMILES string of the molecule is Cc1ccc(Oc2c(F)c(F)c(C#N)c(C#N)c2F)cc1. The van der Waals surface area contributed by atoms with Crippen LogP contribution in [0.15, 0.2) is 24.3 Å². The third-order valence-electron chi connectivity index (χ3n) is 2.74. The van der Waals surface area contributed by atoms with E-state index in [0.717, 1.165) is 5.56 Å². The second kappa shape index (κ2) is 5.56. The summed E-state index contributed by atoms with van der Waals surface area (Å²) in [4.78, 5) is 0. The van der Waals surface area contributed by atoms with Crippen LogP contribution in [0.1, 0.15) is 16.7 Å². The smallest absolute Gasteiger partial charge is 0.205 e. The lowest BCUT2D eigenvalue weighted by molar-refractivity contribution is 0.385. The number of rotatable bonds is 2. The molecule has 0 N–H and O–H groups in total. The number of halogens is 3. The number of hydrogen-bond donors (Lipinski definition) is 0. The molecule has 0 radical (unpaired) electrons. The molecule has 21 heavy (non-hydrogen) atoms. The minimum atomic E-state index is -1.65. The highest BCUT2D eigenvalue weighted by Crippen LogP contribution is 2.33. The van der Waals surface area contributed by atoms with E-state index >= 15 is 0 Å². The van der Waals surface area contributed by atoms with E-state index < -0.39 is 34.3 Å². The Kier molecular flexibility index (Phi) is 3.82. The standard InChI is InChI=1S/C15H7F3N2O/c1-8-2-4-9(5-3-8)21-15-13(17)11(7-20)10(6-19)12(16)14(15)18/h2-5H,1H3. The third-order valence-corrected chi connectivity index (χ3v) is 2.74. The van der Waals surface area contributed by atoms with Crippen LogP contribution in [0, 0.1) is 47.0 Å². The molecule has 6 heteroatoms. The fourth-order valence-electron chi connectivity index (χ4n) is 1.66. The Morgan fingerprint density at radius 1 is 0.857 bits per heavy atom. The highest BCUT2D eigenvalue weighted by molar-refractivity contribution is 5.53. The monoisotopic (exact) mass is 288 g/mol. The van der Waals surface area contributed by atoms with Gasteiger partial charge in [0.15, 0.2) is 11.6 Å². The van der Waals surface area contributed by atoms with Crippen molar-refractivity contribution in [1.29, 1.82) is 10.5 Å². The maximum atomic E-state index is 14.0. The number of aryl methyl sites for hydroxylation is 1. The van der Waals surface area contributed by atoms with Gasteiger partial charge in [0.2, 0.25) is 11.6 Å². The molecule has 0 heterocycles. The molecule has 0 unspecified atom stereocenters. The van der Waals surface area contributed by atoms with Crippen molar-refractivity contribution in [3.05, 3.63) is 58.4 Å². The molecular weight excluding hydrogens is 281 g/mol. The van der Waals surface area contributed by atoms with Gasteiger partial charge in [-0.3, -0.25) is 0 Å². The van der Waals surface area contributed by atoms with Gasteiger partial charge < -0.3 is 4.74 Å². The number of ether oxygens (including phenoxy) is 1. The van der Waals surface area contributed by atoms with Crippen molar-refractivity contribution >= 4 is 0 Å². The summed E-state index contributed by atoms with van der Waals surface area (Å²) in [5.41, 5.74) is -0.978. The van der Waals surface area contributed by atoms with Crippen LogP contribution in [0.4, 0.5) is 13.2 Å². The average molecular weight is 288 g/mol. The van der Waals surface area contributed by atoms with Crippen molar-refractivity contribution in [3.8, 4) is 23.6 Å². The van der Waals surface area contributed by atoms with Gasteiger partial charge in [-0.15, -0.1) is 0 Å². The van der Waals surface area contributed by atoms with Crippen LogP contribution in [-0.4, -0.2) is 0 Å². The molecule has 0 amide bonds. The second-order valence-corrected chi connectivity index (χ2v) is 4.16. The molecule has 0 atom stereocenters. The van der Waals surface area contributed by atoms with E-state index in [1.807, 2.05) is 0 Å². The Morgan fingerprint density at radius 2 is 1.38 bits per heavy atom. The van der Waals surface area contributed by atoms with Crippen molar-refractivity contribution in [2.24, 2.45) is 0 Å². The zero-order valence-corrected chi connectivity index (χ0v) is 10.7. The van der Waals surface area contributed by atoms with Crippen molar-refractivity contribution in [3.63, 3.8) is 0 Å². The molecule has 0 aliphatic heterocycles. The summed E-state index contributed by atoms with van der Waals surface area (Å²) in [6, 6.07) is 8.75. The molecule has 0 aliphatic carbocycles. The molecule has 0 spiro atoms. The molecule has 2 rings (SSSR count). The van der Waals surface area contributed by atoms with Crippen LogP contribution >= 0.6 is 0 Å². The van der Waals surface area contributed by atoms with Gasteiger partial charge in [-0.2, -0.15) is 14.9 Å². The summed E-state index contributed by atoms with van der Waals surface area (Å²) >= 11 is 0. The lowest BCUT2D eigenvalue weighted by atomic mass is 10.1. The van der Waals surface area contributed by atoms with E-state index in [1.54, 1.807) is 19.1 Å². The fraction of sp³-hybridized carbons (Fsp3) is 0.0667. The highest BCUT2D eigenvalue weighted by Gasteiger charge is 2.26. The topological polar surface area (TPSA) is 56.8 Å². The first-order chi connectivity index (χ1) is 9.99. The Labute approximate surface area is 118 Å². The van der Waals surface area contributed by atoms with Gasteiger partial charge in [0.1, 0.15) is 29.0 Å². The van der Waals surface area contributed by atoms with E-state index in [4.69, 9.17) is 15.3 Å². The van der Waals surface area contributed by atoms with Crippen molar-refractivity contribution < 1.29 is 17.9 Å². The highest BCUT2D eigenvalue weighted by atomic mass is 19.2. The van der Waals surface area contributed by atoms with E-state index in [2.05, 4.69) is 0 Å². The van der Waals surface area contributed by atoms with Crippen LogP contribution in [0.2, 0.25) is 0 Å². The van der Waals surface area contributed by atoms with E-state index in [1.165, 1.54) is 24.3 Å². The Bertz CT molecular complexity index is 787. The van der Waals surface area contributed by atoms with Crippen LogP contribution < -0.4 is 4.74 Å². The van der Waals surface area contributed by atoms with Gasteiger partial charge in [0.25, 0.3) is 0 Å². The summed E-state index contributed by atoms with van der Waals surface area (Å²) in [5, 5.41) is 17.5. The van der Waals surface area contributed by atoms with Gasteiger partial charge in [-0.1, -0.05) is 17.7 Å². The molecule has 2 aromatic carbocycles. The summed E-state index contributed by atoms with van der Waals surface area (Å²) in [7, 11) is 0. The van der Waals surface area contributed by atoms with E-state index in [9.17, 15) is 13.2 Å². The predicted molar refractivity (Wildman–Crippen MR) is 67.0 cm³/mol. The minimum absolute atomic E-state index is 0.0754. The number of hydrogen-bond acceptors (Lipinski definition) is 3. The first kappa shape index (κ1) is 14.4. The number of benzene rings is 2. The van der Waals surface area contributed by atoms with Gasteiger partial charge in [0.05, 0.1) is 0 Å². The molecule has 0 aliphatic rings. The van der Waals surface area contributed by atoms with Crippen LogP contribution in [0.3, 0.4) is 0 Å². The summed E-state index contributed by atoms with van der Waals surface area (Å²) in [5.74, 6) is -5.65. The minimum Gasteiger partial charge on any atom is -0.451 e. The maximum absolute atomic E-state index is 14.0. The fourth-order valence-corrected chi connectivity index (χ4v) is 1.66. The summed E-state index contributed by atoms with van der Waals surface area (Å²) in [6.45, 7) is 1.81. The van der Waals surface area contributed by atoms with E-state index in [-0.39, 0.29) is 5.75 Å². The van der Waals surface area contributed by atoms with E-state index in [0.29, 0.717) is 0 Å².